The molecule has 2 rings (SSSR count). The lowest BCUT2D eigenvalue weighted by molar-refractivity contribution is -0.00000517. The molecule has 0 fully saturated rings. The van der Waals surface area contributed by atoms with Crippen LogP contribution in [0.15, 0.2) is 48.5 Å². The van der Waals surface area contributed by atoms with Gasteiger partial charge in [0.25, 0.3) is 0 Å². The molecular weight excluding hydrogens is 311 g/mol. The van der Waals surface area contributed by atoms with Crippen LogP contribution in [-0.2, 0) is 13.0 Å². The van der Waals surface area contributed by atoms with E-state index < -0.39 is 0 Å². The van der Waals surface area contributed by atoms with Gasteiger partial charge in [-0.2, -0.15) is 0 Å². The number of benzene rings is 2. The molecule has 2 aromatic carbocycles. The van der Waals surface area contributed by atoms with Gasteiger partial charge in [-0.05, 0) is 56.1 Å². The molecule has 0 radical (unpaired) electrons. The maximum atomic E-state index is 13.5. The molecule has 0 amide bonds. The number of halogens is 2. The lowest BCUT2D eigenvalue weighted by Crippen LogP contribution is -3.00. The van der Waals surface area contributed by atoms with Gasteiger partial charge in [0.2, 0.25) is 0 Å². The summed E-state index contributed by atoms with van der Waals surface area (Å²) in [6.45, 7) is 7.97. The number of anilines is 1. The molecule has 126 valence electrons. The lowest BCUT2D eigenvalue weighted by atomic mass is 10.1. The molecule has 0 aliphatic rings. The van der Waals surface area contributed by atoms with Crippen LogP contribution < -0.4 is 22.6 Å². The first-order valence-corrected chi connectivity index (χ1v) is 8.02. The number of hydrogen-bond acceptors (Lipinski definition) is 2. The number of nitrogens with one attached hydrogen (secondary N) is 1. The Morgan fingerprint density at radius 2 is 1.61 bits per heavy atom. The van der Waals surface area contributed by atoms with E-state index in [1.54, 1.807) is 6.07 Å². The molecule has 2 aromatic rings. The van der Waals surface area contributed by atoms with E-state index in [9.17, 15) is 4.39 Å². The zero-order chi connectivity index (χ0) is 15.8. The molecule has 0 aliphatic heterocycles. The SMILES string of the molecule is CCN(CC)c1ccc(CNCCc2ccccc2F)cc1.[Cl-]. The smallest absolute Gasteiger partial charge is 0.126 e. The molecule has 1 N–H and O–H groups in total. The Morgan fingerprint density at radius 3 is 2.22 bits per heavy atom. The Labute approximate surface area is 145 Å². The Morgan fingerprint density at radius 1 is 0.957 bits per heavy atom. The number of rotatable bonds is 8. The van der Waals surface area contributed by atoms with Gasteiger partial charge in [0.15, 0.2) is 0 Å². The molecule has 0 saturated carbocycles. The Hall–Kier alpha value is -1.58. The average Bonchev–Trinajstić information content (AvgIpc) is 2.55. The summed E-state index contributed by atoms with van der Waals surface area (Å²) in [6, 6.07) is 15.6. The van der Waals surface area contributed by atoms with E-state index in [0.29, 0.717) is 6.42 Å². The van der Waals surface area contributed by atoms with Crippen LogP contribution in [0.4, 0.5) is 10.1 Å². The van der Waals surface area contributed by atoms with Gasteiger partial charge in [0, 0.05) is 25.3 Å². The van der Waals surface area contributed by atoms with E-state index in [4.69, 9.17) is 0 Å². The highest BCUT2D eigenvalue weighted by atomic mass is 35.5. The Balaban J connectivity index is 0.00000264. The highest BCUT2D eigenvalue weighted by Gasteiger charge is 2.02. The van der Waals surface area contributed by atoms with Crippen LogP contribution >= 0.6 is 0 Å². The number of nitrogens with zero attached hydrogens (tertiary/aromatic N) is 1. The topological polar surface area (TPSA) is 15.3 Å². The van der Waals surface area contributed by atoms with Crippen molar-refractivity contribution in [2.45, 2.75) is 26.8 Å². The van der Waals surface area contributed by atoms with E-state index in [2.05, 4.69) is 48.3 Å². The first-order chi connectivity index (χ1) is 10.7. The van der Waals surface area contributed by atoms with Crippen LogP contribution in [0.25, 0.3) is 0 Å². The molecule has 23 heavy (non-hydrogen) atoms. The first kappa shape index (κ1) is 19.5. The predicted molar refractivity (Wildman–Crippen MR) is 91.8 cm³/mol. The van der Waals surface area contributed by atoms with Gasteiger partial charge in [-0.15, -0.1) is 0 Å². The molecular formula is C19H25ClFN2-. The maximum Gasteiger partial charge on any atom is 0.126 e. The third-order valence-corrected chi connectivity index (χ3v) is 3.92. The van der Waals surface area contributed by atoms with Crippen molar-refractivity contribution in [1.82, 2.24) is 5.32 Å². The summed E-state index contributed by atoms with van der Waals surface area (Å²) >= 11 is 0. The second-order valence-electron chi connectivity index (χ2n) is 5.36. The number of hydrogen-bond donors (Lipinski definition) is 1. The molecule has 0 unspecified atom stereocenters. The minimum absolute atomic E-state index is 0. The van der Waals surface area contributed by atoms with Crippen molar-refractivity contribution < 1.29 is 16.8 Å². The summed E-state index contributed by atoms with van der Waals surface area (Å²) in [7, 11) is 0. The highest BCUT2D eigenvalue weighted by Crippen LogP contribution is 2.14. The predicted octanol–water partition coefficient (Wildman–Crippen LogP) is 1.01. The van der Waals surface area contributed by atoms with Crippen molar-refractivity contribution in [3.63, 3.8) is 0 Å². The summed E-state index contributed by atoms with van der Waals surface area (Å²) in [6.07, 6.45) is 0.713. The van der Waals surface area contributed by atoms with Crippen LogP contribution in [0.5, 0.6) is 0 Å². The summed E-state index contributed by atoms with van der Waals surface area (Å²) in [4.78, 5) is 2.33. The van der Waals surface area contributed by atoms with Crippen LogP contribution in [-0.4, -0.2) is 19.6 Å². The van der Waals surface area contributed by atoms with E-state index in [0.717, 1.165) is 31.7 Å². The van der Waals surface area contributed by atoms with Gasteiger partial charge >= 0.3 is 0 Å². The normalized spacial score (nSPS) is 10.2. The van der Waals surface area contributed by atoms with Crippen molar-refractivity contribution >= 4 is 5.69 Å². The molecule has 2 nitrogen and oxygen atoms in total. The van der Waals surface area contributed by atoms with Gasteiger partial charge in [-0.1, -0.05) is 30.3 Å². The average molecular weight is 336 g/mol. The molecule has 4 heteroatoms. The third kappa shape index (κ3) is 5.85. The van der Waals surface area contributed by atoms with Gasteiger partial charge in [-0.25, -0.2) is 4.39 Å². The van der Waals surface area contributed by atoms with E-state index in [1.165, 1.54) is 17.3 Å². The lowest BCUT2D eigenvalue weighted by Gasteiger charge is -2.21. The second-order valence-corrected chi connectivity index (χ2v) is 5.36. The zero-order valence-corrected chi connectivity index (χ0v) is 14.6. The fraction of sp³-hybridized carbons (Fsp3) is 0.368. The quantitative estimate of drug-likeness (QED) is 0.724. The monoisotopic (exact) mass is 335 g/mol. The summed E-state index contributed by atoms with van der Waals surface area (Å²) < 4.78 is 13.5. The molecule has 0 aromatic heterocycles. The minimum Gasteiger partial charge on any atom is -1.00 e. The molecule has 0 heterocycles. The van der Waals surface area contributed by atoms with E-state index in [1.807, 2.05) is 12.1 Å². The standard InChI is InChI=1S/C19H25FN2.ClH/c1-3-22(4-2)18-11-9-16(10-12-18)15-21-14-13-17-7-5-6-8-19(17)20;/h5-12,21H,3-4,13-15H2,1-2H3;1H/p-1. The van der Waals surface area contributed by atoms with Crippen molar-refractivity contribution in [3.8, 4) is 0 Å². The van der Waals surface area contributed by atoms with Crippen LogP contribution in [0.2, 0.25) is 0 Å². The van der Waals surface area contributed by atoms with Crippen LogP contribution in [0.1, 0.15) is 25.0 Å². The fourth-order valence-electron chi connectivity index (χ4n) is 2.57. The second kappa shape index (κ2) is 10.2. The third-order valence-electron chi connectivity index (χ3n) is 3.92. The zero-order valence-electron chi connectivity index (χ0n) is 13.9. The maximum absolute atomic E-state index is 13.5. The first-order valence-electron chi connectivity index (χ1n) is 8.02. The molecule has 0 aliphatic carbocycles. The minimum atomic E-state index is -0.118. The van der Waals surface area contributed by atoms with Crippen molar-refractivity contribution in [3.05, 3.63) is 65.5 Å². The van der Waals surface area contributed by atoms with Crippen LogP contribution in [0, 0.1) is 5.82 Å². The summed E-state index contributed by atoms with van der Waals surface area (Å²) in [5, 5.41) is 3.37. The van der Waals surface area contributed by atoms with Gasteiger partial charge in [0.05, 0.1) is 0 Å². The highest BCUT2D eigenvalue weighted by molar-refractivity contribution is 5.47. The van der Waals surface area contributed by atoms with Crippen LogP contribution in [0.3, 0.4) is 0 Å². The van der Waals surface area contributed by atoms with Gasteiger partial charge in [0.1, 0.15) is 5.82 Å². The molecule has 0 bridgehead atoms. The van der Waals surface area contributed by atoms with Crippen molar-refractivity contribution in [1.29, 1.82) is 0 Å². The fourth-order valence-corrected chi connectivity index (χ4v) is 2.57. The molecule has 0 spiro atoms. The molecule has 0 saturated heterocycles. The Kier molecular flexibility index (Phi) is 8.67. The van der Waals surface area contributed by atoms with Gasteiger partial charge < -0.3 is 22.6 Å². The van der Waals surface area contributed by atoms with Crippen molar-refractivity contribution in [2.75, 3.05) is 24.5 Å². The Bertz CT molecular complexity index is 568. The summed E-state index contributed by atoms with van der Waals surface area (Å²) in [5.74, 6) is -0.118. The van der Waals surface area contributed by atoms with E-state index >= 15 is 0 Å². The largest absolute Gasteiger partial charge is 1.00 e. The van der Waals surface area contributed by atoms with E-state index in [-0.39, 0.29) is 18.2 Å². The van der Waals surface area contributed by atoms with Gasteiger partial charge in [-0.3, -0.25) is 0 Å². The summed E-state index contributed by atoms with van der Waals surface area (Å²) in [5.41, 5.74) is 3.29. The molecule has 0 atom stereocenters. The van der Waals surface area contributed by atoms with Crippen molar-refractivity contribution in [2.24, 2.45) is 0 Å².